The number of non-ortho nitro benzene ring substituents is 1. The van der Waals surface area contributed by atoms with Crippen molar-refractivity contribution in [1.29, 1.82) is 0 Å². The summed E-state index contributed by atoms with van der Waals surface area (Å²) in [5.74, 6) is 0. The lowest BCUT2D eigenvalue weighted by atomic mass is 10.0. The Morgan fingerprint density at radius 3 is 2.42 bits per heavy atom. The second-order valence-electron chi connectivity index (χ2n) is 8.21. The van der Waals surface area contributed by atoms with Gasteiger partial charge in [-0.25, -0.2) is 9.67 Å². The summed E-state index contributed by atoms with van der Waals surface area (Å²) in [5, 5.41) is 30.9. The van der Waals surface area contributed by atoms with Gasteiger partial charge in [0, 0.05) is 28.3 Å². The van der Waals surface area contributed by atoms with E-state index >= 15 is 0 Å². The summed E-state index contributed by atoms with van der Waals surface area (Å²) in [6, 6.07) is 23.0. The van der Waals surface area contributed by atoms with Crippen LogP contribution in [0.4, 0.5) is 16.4 Å². The lowest BCUT2D eigenvalue weighted by molar-refractivity contribution is -0.384. The van der Waals surface area contributed by atoms with Crippen molar-refractivity contribution in [2.45, 2.75) is 6.92 Å². The molecule has 0 aliphatic heterocycles. The van der Waals surface area contributed by atoms with Gasteiger partial charge in [0.15, 0.2) is 5.00 Å². The third-order valence-corrected chi connectivity index (χ3v) is 7.01. The highest BCUT2D eigenvalue weighted by atomic mass is 35.5. The molecule has 3 aromatic heterocycles. The molecule has 0 saturated heterocycles. The Bertz CT molecular complexity index is 1810. The first-order valence-corrected chi connectivity index (χ1v) is 12.5. The van der Waals surface area contributed by atoms with Crippen molar-refractivity contribution in [3.8, 4) is 27.6 Å². The smallest absolute Gasteiger partial charge is 0.277 e. The van der Waals surface area contributed by atoms with E-state index in [-0.39, 0.29) is 5.69 Å². The summed E-state index contributed by atoms with van der Waals surface area (Å²) < 4.78 is 7.36. The molecule has 0 spiro atoms. The number of hydrogen-bond acceptors (Lipinski definition) is 9. The van der Waals surface area contributed by atoms with Crippen molar-refractivity contribution < 1.29 is 9.45 Å². The Kier molecular flexibility index (Phi) is 5.98. The first kappa shape index (κ1) is 23.6. The zero-order valence-electron chi connectivity index (χ0n) is 19.6. The first-order valence-electron chi connectivity index (χ1n) is 11.3. The minimum Gasteiger partial charge on any atom is -0.334 e. The van der Waals surface area contributed by atoms with Gasteiger partial charge in [-0.1, -0.05) is 70.6 Å². The van der Waals surface area contributed by atoms with E-state index in [1.165, 1.54) is 35.6 Å². The molecule has 0 aliphatic carbocycles. The molecule has 0 unspecified atom stereocenters. The van der Waals surface area contributed by atoms with Gasteiger partial charge in [-0.05, 0) is 31.2 Å². The van der Waals surface area contributed by atoms with E-state index in [4.69, 9.17) is 26.2 Å². The fraction of sp³-hybridized carbons (Fsp3) is 0.0385. The third kappa shape index (κ3) is 4.33. The van der Waals surface area contributed by atoms with E-state index < -0.39 is 4.92 Å². The second kappa shape index (κ2) is 9.61. The van der Waals surface area contributed by atoms with Crippen molar-refractivity contribution in [2.75, 3.05) is 0 Å². The van der Waals surface area contributed by atoms with Crippen molar-refractivity contribution in [3.05, 3.63) is 99.7 Å². The van der Waals surface area contributed by atoms with Crippen molar-refractivity contribution in [3.63, 3.8) is 0 Å². The number of thiazole rings is 1. The molecule has 10 nitrogen and oxygen atoms in total. The number of aromatic nitrogens is 4. The quantitative estimate of drug-likeness (QED) is 0.119. The number of azo groups is 1. The van der Waals surface area contributed by atoms with E-state index in [0.717, 1.165) is 22.2 Å². The van der Waals surface area contributed by atoms with Crippen LogP contribution >= 0.6 is 22.9 Å². The molecule has 0 aliphatic rings. The number of aryl methyl sites for hydroxylation is 1. The highest BCUT2D eigenvalue weighted by Crippen LogP contribution is 2.40. The van der Waals surface area contributed by atoms with Crippen LogP contribution < -0.4 is 0 Å². The summed E-state index contributed by atoms with van der Waals surface area (Å²) in [6.45, 7) is 1.83. The maximum Gasteiger partial charge on any atom is 0.277 e. The summed E-state index contributed by atoms with van der Waals surface area (Å²) in [5.41, 5.74) is 4.69. The minimum atomic E-state index is -0.460. The van der Waals surface area contributed by atoms with Crippen LogP contribution in [0.3, 0.4) is 0 Å². The number of hydrogen-bond donors (Lipinski definition) is 0. The molecule has 186 valence electrons. The Balaban J connectivity index is 1.46. The standard InChI is InChI=1S/C26H16ClN7O3S/c1-15-25(30-29-19-11-13-20(14-12-19)34(35)36)38-26(28-15)33-23(17-7-9-18(27)10-8-17)21-22(32-37-24(21)31-33)16-5-3-2-4-6-16/h2-14H,1H3. The van der Waals surface area contributed by atoms with Gasteiger partial charge in [0.25, 0.3) is 11.4 Å². The molecule has 3 heterocycles. The molecule has 0 saturated carbocycles. The van der Waals surface area contributed by atoms with Gasteiger partial charge >= 0.3 is 0 Å². The Hall–Kier alpha value is -4.74. The van der Waals surface area contributed by atoms with Gasteiger partial charge in [-0.3, -0.25) is 10.1 Å². The van der Waals surface area contributed by atoms with Crippen LogP contribution in [-0.4, -0.2) is 24.8 Å². The molecule has 0 N–H and O–H groups in total. The van der Waals surface area contributed by atoms with Gasteiger partial charge in [0.2, 0.25) is 5.13 Å². The average molecular weight is 542 g/mol. The second-order valence-corrected chi connectivity index (χ2v) is 9.60. The maximum absolute atomic E-state index is 10.9. The largest absolute Gasteiger partial charge is 0.334 e. The van der Waals surface area contributed by atoms with Gasteiger partial charge in [-0.15, -0.1) is 15.3 Å². The van der Waals surface area contributed by atoms with Crippen LogP contribution in [0.25, 0.3) is 38.7 Å². The number of rotatable bonds is 6. The van der Waals surface area contributed by atoms with Gasteiger partial charge in [0.05, 0.1) is 27.4 Å². The molecular weight excluding hydrogens is 526 g/mol. The Labute approximate surface area is 224 Å². The highest BCUT2D eigenvalue weighted by Gasteiger charge is 2.25. The van der Waals surface area contributed by atoms with Crippen molar-refractivity contribution in [1.82, 2.24) is 19.9 Å². The number of fused-ring (bicyclic) bond motifs is 1. The zero-order valence-corrected chi connectivity index (χ0v) is 21.2. The molecule has 0 amide bonds. The minimum absolute atomic E-state index is 0.0118. The number of halogens is 1. The van der Waals surface area contributed by atoms with Gasteiger partial charge < -0.3 is 4.52 Å². The van der Waals surface area contributed by atoms with Gasteiger partial charge in [-0.2, -0.15) is 0 Å². The first-order chi connectivity index (χ1) is 18.5. The summed E-state index contributed by atoms with van der Waals surface area (Å²) >= 11 is 7.47. The Morgan fingerprint density at radius 1 is 0.974 bits per heavy atom. The van der Waals surface area contributed by atoms with Crippen LogP contribution in [0.2, 0.25) is 5.02 Å². The fourth-order valence-corrected chi connectivity index (χ4v) is 4.89. The molecule has 6 aromatic rings. The van der Waals surface area contributed by atoms with Crippen LogP contribution in [0.1, 0.15) is 5.69 Å². The zero-order chi connectivity index (χ0) is 26.2. The highest BCUT2D eigenvalue weighted by molar-refractivity contribution is 7.17. The van der Waals surface area contributed by atoms with E-state index in [9.17, 15) is 10.1 Å². The van der Waals surface area contributed by atoms with Crippen LogP contribution in [0, 0.1) is 17.0 Å². The molecule has 0 bridgehead atoms. The topological polar surface area (TPSA) is 125 Å². The van der Waals surface area contributed by atoms with E-state index in [1.54, 1.807) is 4.68 Å². The normalized spacial score (nSPS) is 11.5. The van der Waals surface area contributed by atoms with Crippen LogP contribution in [0.5, 0.6) is 0 Å². The van der Waals surface area contributed by atoms with Crippen molar-refractivity contribution in [2.24, 2.45) is 10.2 Å². The molecular formula is C26H16ClN7O3S. The lowest BCUT2D eigenvalue weighted by Gasteiger charge is -2.06. The van der Waals surface area contributed by atoms with Gasteiger partial charge in [0.1, 0.15) is 5.69 Å². The molecule has 3 aromatic carbocycles. The molecule has 6 rings (SSSR count). The monoisotopic (exact) mass is 541 g/mol. The number of nitro groups is 1. The predicted octanol–water partition coefficient (Wildman–Crippen LogP) is 8.09. The number of nitro benzene ring substituents is 1. The van der Waals surface area contributed by atoms with E-state index in [2.05, 4.69) is 15.4 Å². The lowest BCUT2D eigenvalue weighted by Crippen LogP contribution is -1.99. The average Bonchev–Trinajstić information content (AvgIpc) is 3.62. The van der Waals surface area contributed by atoms with Crippen LogP contribution in [0.15, 0.2) is 93.6 Å². The number of benzene rings is 3. The molecule has 38 heavy (non-hydrogen) atoms. The summed E-state index contributed by atoms with van der Waals surface area (Å²) in [7, 11) is 0. The van der Waals surface area contributed by atoms with E-state index in [0.29, 0.717) is 37.9 Å². The SMILES string of the molecule is Cc1nc(-n2nc3onc(-c4ccccc4)c3c2-c2ccc(Cl)cc2)sc1N=Nc1ccc([N+](=O)[O-])cc1. The molecule has 0 fully saturated rings. The van der Waals surface area contributed by atoms with E-state index in [1.807, 2.05) is 61.5 Å². The summed E-state index contributed by atoms with van der Waals surface area (Å²) in [4.78, 5) is 15.1. The number of nitrogens with zero attached hydrogens (tertiary/aromatic N) is 7. The maximum atomic E-state index is 10.9. The third-order valence-electron chi connectivity index (χ3n) is 5.74. The Morgan fingerprint density at radius 2 is 1.71 bits per heavy atom. The molecule has 0 atom stereocenters. The van der Waals surface area contributed by atoms with Crippen LogP contribution in [-0.2, 0) is 0 Å². The molecule has 12 heteroatoms. The molecule has 0 radical (unpaired) electrons. The predicted molar refractivity (Wildman–Crippen MR) is 145 cm³/mol. The summed E-state index contributed by atoms with van der Waals surface area (Å²) in [6.07, 6.45) is 0. The fourth-order valence-electron chi connectivity index (χ4n) is 3.92. The van der Waals surface area contributed by atoms with Crippen molar-refractivity contribution >= 4 is 50.4 Å².